The number of hydrogen-bond donors (Lipinski definition) is 0. The van der Waals surface area contributed by atoms with Crippen molar-refractivity contribution in [2.45, 2.75) is 45.0 Å². The van der Waals surface area contributed by atoms with Crippen molar-refractivity contribution in [2.24, 2.45) is 5.41 Å². The molecule has 0 aromatic carbocycles. The standard InChI is InChI=1S/C9H16O2/c1-7-5-9(3-4-9)6-8(10-2)11-7/h7-8H,3-6H2,1-2H3. The van der Waals surface area contributed by atoms with E-state index in [1.54, 1.807) is 7.11 Å². The van der Waals surface area contributed by atoms with E-state index >= 15 is 0 Å². The van der Waals surface area contributed by atoms with Crippen LogP contribution < -0.4 is 0 Å². The van der Waals surface area contributed by atoms with Gasteiger partial charge in [0.2, 0.25) is 0 Å². The summed E-state index contributed by atoms with van der Waals surface area (Å²) in [5.74, 6) is 0. The highest BCUT2D eigenvalue weighted by Crippen LogP contribution is 2.56. The van der Waals surface area contributed by atoms with Crippen molar-refractivity contribution in [1.29, 1.82) is 0 Å². The molecule has 1 heterocycles. The van der Waals surface area contributed by atoms with E-state index in [4.69, 9.17) is 9.47 Å². The summed E-state index contributed by atoms with van der Waals surface area (Å²) in [6.07, 6.45) is 5.61. The number of ether oxygens (including phenoxy) is 2. The topological polar surface area (TPSA) is 18.5 Å². The first-order chi connectivity index (χ1) is 5.24. The predicted molar refractivity (Wildman–Crippen MR) is 42.2 cm³/mol. The van der Waals surface area contributed by atoms with Gasteiger partial charge in [-0.05, 0) is 31.6 Å². The van der Waals surface area contributed by atoms with E-state index in [0.29, 0.717) is 11.5 Å². The van der Waals surface area contributed by atoms with Gasteiger partial charge in [0.05, 0.1) is 6.10 Å². The molecule has 2 aliphatic rings. The van der Waals surface area contributed by atoms with E-state index in [9.17, 15) is 0 Å². The second-order valence-electron chi connectivity index (χ2n) is 4.02. The molecule has 2 nitrogen and oxygen atoms in total. The molecule has 1 saturated heterocycles. The molecule has 2 rings (SSSR count). The molecule has 0 radical (unpaired) electrons. The van der Waals surface area contributed by atoms with Crippen LogP contribution in [0.4, 0.5) is 0 Å². The van der Waals surface area contributed by atoms with Crippen LogP contribution in [0.2, 0.25) is 0 Å². The lowest BCUT2D eigenvalue weighted by Gasteiger charge is -2.32. The fraction of sp³-hybridized carbons (Fsp3) is 1.00. The van der Waals surface area contributed by atoms with Gasteiger partial charge in [0.15, 0.2) is 6.29 Å². The maximum absolute atomic E-state index is 5.59. The molecule has 2 unspecified atom stereocenters. The first kappa shape index (κ1) is 7.56. The van der Waals surface area contributed by atoms with Crippen LogP contribution in [-0.4, -0.2) is 19.5 Å². The maximum atomic E-state index is 5.59. The first-order valence-corrected chi connectivity index (χ1v) is 4.42. The van der Waals surface area contributed by atoms with Gasteiger partial charge in [-0.3, -0.25) is 0 Å². The summed E-state index contributed by atoms with van der Waals surface area (Å²) in [7, 11) is 1.73. The zero-order valence-corrected chi connectivity index (χ0v) is 7.30. The highest BCUT2D eigenvalue weighted by atomic mass is 16.7. The van der Waals surface area contributed by atoms with E-state index in [0.717, 1.165) is 6.42 Å². The van der Waals surface area contributed by atoms with Gasteiger partial charge in [0.1, 0.15) is 0 Å². The Morgan fingerprint density at radius 1 is 1.36 bits per heavy atom. The molecule has 0 bridgehead atoms. The average Bonchev–Trinajstić information content (AvgIpc) is 2.67. The van der Waals surface area contributed by atoms with Crippen LogP contribution in [-0.2, 0) is 9.47 Å². The van der Waals surface area contributed by atoms with Gasteiger partial charge in [-0.15, -0.1) is 0 Å². The summed E-state index contributed by atoms with van der Waals surface area (Å²) < 4.78 is 10.8. The zero-order valence-electron chi connectivity index (χ0n) is 7.30. The van der Waals surface area contributed by atoms with Crippen molar-refractivity contribution < 1.29 is 9.47 Å². The Bertz CT molecular complexity index is 152. The maximum Gasteiger partial charge on any atom is 0.158 e. The van der Waals surface area contributed by atoms with Crippen LogP contribution in [0.3, 0.4) is 0 Å². The quantitative estimate of drug-likeness (QED) is 0.577. The van der Waals surface area contributed by atoms with Gasteiger partial charge < -0.3 is 9.47 Å². The van der Waals surface area contributed by atoms with Crippen molar-refractivity contribution in [1.82, 2.24) is 0 Å². The molecular formula is C9H16O2. The summed E-state index contributed by atoms with van der Waals surface area (Å²) in [6.45, 7) is 2.14. The number of rotatable bonds is 1. The van der Waals surface area contributed by atoms with Gasteiger partial charge in [0.25, 0.3) is 0 Å². The average molecular weight is 156 g/mol. The Morgan fingerprint density at radius 2 is 2.09 bits per heavy atom. The van der Waals surface area contributed by atoms with E-state index in [1.165, 1.54) is 19.3 Å². The minimum Gasteiger partial charge on any atom is -0.356 e. The third kappa shape index (κ3) is 1.42. The zero-order chi connectivity index (χ0) is 7.90. The monoisotopic (exact) mass is 156 g/mol. The lowest BCUT2D eigenvalue weighted by molar-refractivity contribution is -0.192. The smallest absolute Gasteiger partial charge is 0.158 e. The first-order valence-electron chi connectivity index (χ1n) is 4.42. The Labute approximate surface area is 67.9 Å². The summed E-state index contributed by atoms with van der Waals surface area (Å²) in [4.78, 5) is 0. The Hall–Kier alpha value is -0.0800. The molecule has 0 amide bonds. The molecule has 2 fully saturated rings. The SMILES string of the molecule is COC1CC2(CC2)CC(C)O1. The molecule has 64 valence electrons. The second kappa shape index (κ2) is 2.46. The highest BCUT2D eigenvalue weighted by molar-refractivity contribution is 4.97. The summed E-state index contributed by atoms with van der Waals surface area (Å²) in [6, 6.07) is 0. The Kier molecular flexibility index (Phi) is 1.69. The molecule has 1 aliphatic carbocycles. The predicted octanol–water partition coefficient (Wildman–Crippen LogP) is 1.94. The third-order valence-electron chi connectivity index (χ3n) is 2.92. The molecule has 11 heavy (non-hydrogen) atoms. The lowest BCUT2D eigenvalue weighted by Crippen LogP contribution is -2.33. The molecule has 2 heteroatoms. The molecule has 1 spiro atoms. The number of methoxy groups -OCH3 is 1. The van der Waals surface area contributed by atoms with Gasteiger partial charge in [-0.2, -0.15) is 0 Å². The molecule has 2 atom stereocenters. The normalized spacial score (nSPS) is 40.9. The summed E-state index contributed by atoms with van der Waals surface area (Å²) >= 11 is 0. The van der Waals surface area contributed by atoms with E-state index < -0.39 is 0 Å². The summed E-state index contributed by atoms with van der Waals surface area (Å²) in [5.41, 5.74) is 0.623. The molecule has 0 N–H and O–H groups in total. The second-order valence-corrected chi connectivity index (χ2v) is 4.02. The van der Waals surface area contributed by atoms with Crippen LogP contribution in [0.25, 0.3) is 0 Å². The Morgan fingerprint density at radius 3 is 2.64 bits per heavy atom. The molecule has 0 aromatic rings. The highest BCUT2D eigenvalue weighted by Gasteiger charge is 2.48. The summed E-state index contributed by atoms with van der Waals surface area (Å²) in [5, 5.41) is 0. The molecule has 0 aromatic heterocycles. The van der Waals surface area contributed by atoms with Crippen LogP contribution in [0.1, 0.15) is 32.6 Å². The fourth-order valence-corrected chi connectivity index (χ4v) is 2.13. The van der Waals surface area contributed by atoms with E-state index in [1.807, 2.05) is 0 Å². The van der Waals surface area contributed by atoms with E-state index in [-0.39, 0.29) is 6.29 Å². The largest absolute Gasteiger partial charge is 0.356 e. The van der Waals surface area contributed by atoms with Crippen molar-refractivity contribution in [3.05, 3.63) is 0 Å². The molecule has 1 saturated carbocycles. The van der Waals surface area contributed by atoms with Crippen molar-refractivity contribution in [2.75, 3.05) is 7.11 Å². The van der Waals surface area contributed by atoms with E-state index in [2.05, 4.69) is 6.92 Å². The van der Waals surface area contributed by atoms with Crippen molar-refractivity contribution in [3.63, 3.8) is 0 Å². The third-order valence-corrected chi connectivity index (χ3v) is 2.92. The fourth-order valence-electron chi connectivity index (χ4n) is 2.13. The van der Waals surface area contributed by atoms with Crippen molar-refractivity contribution in [3.8, 4) is 0 Å². The molecular weight excluding hydrogens is 140 g/mol. The van der Waals surface area contributed by atoms with Gasteiger partial charge in [-0.1, -0.05) is 0 Å². The van der Waals surface area contributed by atoms with Crippen LogP contribution in [0.5, 0.6) is 0 Å². The van der Waals surface area contributed by atoms with Gasteiger partial charge in [0, 0.05) is 13.5 Å². The minimum absolute atomic E-state index is 0.0706. The number of hydrogen-bond acceptors (Lipinski definition) is 2. The van der Waals surface area contributed by atoms with Crippen LogP contribution >= 0.6 is 0 Å². The molecule has 1 aliphatic heterocycles. The van der Waals surface area contributed by atoms with Gasteiger partial charge >= 0.3 is 0 Å². The van der Waals surface area contributed by atoms with Crippen molar-refractivity contribution >= 4 is 0 Å². The van der Waals surface area contributed by atoms with Crippen LogP contribution in [0, 0.1) is 5.41 Å². The van der Waals surface area contributed by atoms with Crippen LogP contribution in [0.15, 0.2) is 0 Å². The van der Waals surface area contributed by atoms with Gasteiger partial charge in [-0.25, -0.2) is 0 Å². The Balaban J connectivity index is 1.97. The lowest BCUT2D eigenvalue weighted by atomic mass is 9.92. The minimum atomic E-state index is 0.0706.